The maximum atomic E-state index is 11.7. The fourth-order valence-electron chi connectivity index (χ4n) is 1.61. The molecule has 0 heterocycles. The molecule has 21 heavy (non-hydrogen) atoms. The van der Waals surface area contributed by atoms with Gasteiger partial charge in [-0.15, -0.1) is 0 Å². The van der Waals surface area contributed by atoms with E-state index in [2.05, 4.69) is 10.1 Å². The lowest BCUT2D eigenvalue weighted by molar-refractivity contribution is -0.384. The summed E-state index contributed by atoms with van der Waals surface area (Å²) >= 11 is 0. The van der Waals surface area contributed by atoms with Gasteiger partial charge >= 0.3 is 5.97 Å². The second-order valence-corrected chi connectivity index (χ2v) is 4.31. The summed E-state index contributed by atoms with van der Waals surface area (Å²) in [5.74, 6) is -1.28. The average Bonchev–Trinajstić information content (AvgIpc) is 2.42. The number of aryl methyl sites for hydroxylation is 1. The maximum Gasteiger partial charge on any atom is 0.330 e. The molecule has 0 saturated carbocycles. The molecule has 1 aromatic rings. The Morgan fingerprint density at radius 1 is 1.38 bits per heavy atom. The molecule has 0 aromatic heterocycles. The minimum atomic E-state index is -0.650. The molecule has 1 aromatic carbocycles. The van der Waals surface area contributed by atoms with E-state index in [4.69, 9.17) is 0 Å². The first kappa shape index (κ1) is 16.4. The molecule has 7 nitrogen and oxygen atoms in total. The first-order chi connectivity index (χ1) is 9.86. The SMILES string of the molecule is C/C=C/C(=O)OCC(=O)Nc1c([N+](=O)[O-])ccc(C)c1C. The van der Waals surface area contributed by atoms with Gasteiger partial charge in [0.1, 0.15) is 5.69 Å². The van der Waals surface area contributed by atoms with Gasteiger partial charge in [-0.1, -0.05) is 12.1 Å². The molecule has 0 saturated heterocycles. The van der Waals surface area contributed by atoms with E-state index in [1.165, 1.54) is 18.2 Å². The number of esters is 1. The molecule has 1 rings (SSSR count). The second kappa shape index (κ2) is 7.18. The Bertz CT molecular complexity index is 608. The lowest BCUT2D eigenvalue weighted by Crippen LogP contribution is -2.21. The van der Waals surface area contributed by atoms with Crippen molar-refractivity contribution in [2.45, 2.75) is 20.8 Å². The maximum absolute atomic E-state index is 11.7. The van der Waals surface area contributed by atoms with E-state index in [1.54, 1.807) is 26.8 Å². The van der Waals surface area contributed by atoms with Crippen LogP contribution < -0.4 is 5.32 Å². The number of allylic oxidation sites excluding steroid dienone is 1. The summed E-state index contributed by atoms with van der Waals surface area (Å²) in [4.78, 5) is 33.2. The molecule has 7 heteroatoms. The molecule has 0 atom stereocenters. The first-order valence-electron chi connectivity index (χ1n) is 6.20. The average molecular weight is 292 g/mol. The zero-order valence-electron chi connectivity index (χ0n) is 12.0. The van der Waals surface area contributed by atoms with Crippen LogP contribution in [-0.4, -0.2) is 23.4 Å². The lowest BCUT2D eigenvalue weighted by Gasteiger charge is -2.11. The first-order valence-corrected chi connectivity index (χ1v) is 6.20. The Balaban J connectivity index is 2.87. The van der Waals surface area contributed by atoms with Gasteiger partial charge in [0.05, 0.1) is 4.92 Å². The number of hydrogen-bond acceptors (Lipinski definition) is 5. The molecule has 112 valence electrons. The third-order valence-corrected chi connectivity index (χ3v) is 2.82. The van der Waals surface area contributed by atoms with Gasteiger partial charge in [-0.25, -0.2) is 4.79 Å². The van der Waals surface area contributed by atoms with Gasteiger partial charge in [0.15, 0.2) is 6.61 Å². The van der Waals surface area contributed by atoms with Crippen molar-refractivity contribution in [3.63, 3.8) is 0 Å². The van der Waals surface area contributed by atoms with Crippen LogP contribution in [0.4, 0.5) is 11.4 Å². The number of nitrogens with one attached hydrogen (secondary N) is 1. The molecular formula is C14H16N2O5. The number of ether oxygens (including phenoxy) is 1. The van der Waals surface area contributed by atoms with Crippen molar-refractivity contribution in [3.8, 4) is 0 Å². The van der Waals surface area contributed by atoms with Crippen LogP contribution in [0.3, 0.4) is 0 Å². The van der Waals surface area contributed by atoms with Crippen LogP contribution in [-0.2, 0) is 14.3 Å². The minimum absolute atomic E-state index is 0.118. The van der Waals surface area contributed by atoms with E-state index in [9.17, 15) is 19.7 Å². The summed E-state index contributed by atoms with van der Waals surface area (Å²) in [5.41, 5.74) is 1.32. The number of carbonyl (C=O) groups is 2. The molecule has 0 fully saturated rings. The number of nitro benzene ring substituents is 1. The number of rotatable bonds is 5. The summed E-state index contributed by atoms with van der Waals surface area (Å²) in [6.45, 7) is 4.58. The summed E-state index contributed by atoms with van der Waals surface area (Å²) < 4.78 is 4.68. The Morgan fingerprint density at radius 3 is 2.62 bits per heavy atom. The van der Waals surface area contributed by atoms with E-state index < -0.39 is 23.4 Å². The van der Waals surface area contributed by atoms with Crippen molar-refractivity contribution in [2.75, 3.05) is 11.9 Å². The van der Waals surface area contributed by atoms with Crippen molar-refractivity contribution in [1.82, 2.24) is 0 Å². The molecule has 0 aliphatic rings. The fraction of sp³-hybridized carbons (Fsp3) is 0.286. The molecule has 0 aliphatic heterocycles. The molecule has 0 unspecified atom stereocenters. The van der Waals surface area contributed by atoms with Crippen LogP contribution >= 0.6 is 0 Å². The van der Waals surface area contributed by atoms with Crippen LogP contribution in [0.25, 0.3) is 0 Å². The number of hydrogen-bond donors (Lipinski definition) is 1. The third kappa shape index (κ3) is 4.41. The van der Waals surface area contributed by atoms with Gasteiger partial charge in [-0.2, -0.15) is 0 Å². The van der Waals surface area contributed by atoms with Crippen LogP contribution in [0, 0.1) is 24.0 Å². The Kier molecular flexibility index (Phi) is 5.59. The summed E-state index contributed by atoms with van der Waals surface area (Å²) in [5, 5.41) is 13.4. The van der Waals surface area contributed by atoms with Crippen molar-refractivity contribution >= 4 is 23.3 Å². The van der Waals surface area contributed by atoms with Crippen molar-refractivity contribution in [3.05, 3.63) is 45.5 Å². The van der Waals surface area contributed by atoms with E-state index in [1.807, 2.05) is 0 Å². The van der Waals surface area contributed by atoms with Crippen LogP contribution in [0.2, 0.25) is 0 Å². The monoisotopic (exact) mass is 292 g/mol. The largest absolute Gasteiger partial charge is 0.452 e. The quantitative estimate of drug-likeness (QED) is 0.388. The molecule has 0 spiro atoms. The minimum Gasteiger partial charge on any atom is -0.452 e. The van der Waals surface area contributed by atoms with Gasteiger partial charge in [0.25, 0.3) is 11.6 Å². The highest BCUT2D eigenvalue weighted by atomic mass is 16.6. The van der Waals surface area contributed by atoms with E-state index in [0.29, 0.717) is 5.56 Å². The number of nitrogens with zero attached hydrogens (tertiary/aromatic N) is 1. The van der Waals surface area contributed by atoms with Crippen LogP contribution in [0.1, 0.15) is 18.1 Å². The molecule has 0 radical (unpaired) electrons. The van der Waals surface area contributed by atoms with Crippen LogP contribution in [0.5, 0.6) is 0 Å². The Hall–Kier alpha value is -2.70. The standard InChI is InChI=1S/C14H16N2O5/c1-4-5-13(18)21-8-12(17)15-14-10(3)9(2)6-7-11(14)16(19)20/h4-7H,8H2,1-3H3,(H,15,17)/b5-4+. The van der Waals surface area contributed by atoms with Gasteiger partial charge in [0.2, 0.25) is 0 Å². The lowest BCUT2D eigenvalue weighted by atomic mass is 10.1. The predicted octanol–water partition coefficient (Wildman–Crippen LogP) is 2.27. The molecule has 1 amide bonds. The molecule has 0 aliphatic carbocycles. The van der Waals surface area contributed by atoms with Crippen molar-refractivity contribution in [2.24, 2.45) is 0 Å². The summed E-state index contributed by atoms with van der Waals surface area (Å²) in [6, 6.07) is 2.93. The zero-order chi connectivity index (χ0) is 16.0. The van der Waals surface area contributed by atoms with E-state index in [0.717, 1.165) is 5.56 Å². The summed E-state index contributed by atoms with van der Waals surface area (Å²) in [7, 11) is 0. The van der Waals surface area contributed by atoms with E-state index in [-0.39, 0.29) is 11.4 Å². The normalized spacial score (nSPS) is 10.4. The molecule has 1 N–H and O–H groups in total. The number of amides is 1. The second-order valence-electron chi connectivity index (χ2n) is 4.31. The Morgan fingerprint density at radius 2 is 2.05 bits per heavy atom. The highest BCUT2D eigenvalue weighted by molar-refractivity contribution is 5.96. The molecular weight excluding hydrogens is 276 g/mol. The smallest absolute Gasteiger partial charge is 0.330 e. The fourth-order valence-corrected chi connectivity index (χ4v) is 1.61. The van der Waals surface area contributed by atoms with Gasteiger partial charge in [0, 0.05) is 12.1 Å². The third-order valence-electron chi connectivity index (χ3n) is 2.82. The number of benzene rings is 1. The molecule has 0 bridgehead atoms. The highest BCUT2D eigenvalue weighted by Gasteiger charge is 2.19. The predicted molar refractivity (Wildman–Crippen MR) is 77.0 cm³/mol. The van der Waals surface area contributed by atoms with Crippen molar-refractivity contribution in [1.29, 1.82) is 0 Å². The topological polar surface area (TPSA) is 98.5 Å². The van der Waals surface area contributed by atoms with Crippen molar-refractivity contribution < 1.29 is 19.2 Å². The van der Waals surface area contributed by atoms with Gasteiger partial charge in [-0.05, 0) is 31.9 Å². The number of anilines is 1. The van der Waals surface area contributed by atoms with E-state index >= 15 is 0 Å². The zero-order valence-corrected chi connectivity index (χ0v) is 12.0. The van der Waals surface area contributed by atoms with Gasteiger partial charge < -0.3 is 10.1 Å². The van der Waals surface area contributed by atoms with Crippen LogP contribution in [0.15, 0.2) is 24.3 Å². The number of carbonyl (C=O) groups excluding carboxylic acids is 2. The van der Waals surface area contributed by atoms with Gasteiger partial charge in [-0.3, -0.25) is 14.9 Å². The Labute approximate surface area is 121 Å². The highest BCUT2D eigenvalue weighted by Crippen LogP contribution is 2.30. The summed E-state index contributed by atoms with van der Waals surface area (Å²) in [6.07, 6.45) is 2.66. The number of nitro groups is 1.